The summed E-state index contributed by atoms with van der Waals surface area (Å²) in [6.45, 7) is 7.75. The monoisotopic (exact) mass is 343 g/mol. The summed E-state index contributed by atoms with van der Waals surface area (Å²) in [4.78, 5) is 21.9. The van der Waals surface area contributed by atoms with Crippen molar-refractivity contribution in [2.75, 3.05) is 31.1 Å². The minimum Gasteiger partial charge on any atom is -0.345 e. The highest BCUT2D eigenvalue weighted by Gasteiger charge is 2.30. The number of thiazole rings is 1. The van der Waals surface area contributed by atoms with Gasteiger partial charge in [0.25, 0.3) is 0 Å². The summed E-state index contributed by atoms with van der Waals surface area (Å²) in [6.07, 6.45) is 4.63. The van der Waals surface area contributed by atoms with Crippen LogP contribution >= 0.6 is 11.3 Å². The summed E-state index contributed by atoms with van der Waals surface area (Å²) >= 11 is 1.79. The second-order valence-electron chi connectivity index (χ2n) is 7.17. The van der Waals surface area contributed by atoms with Crippen molar-refractivity contribution in [3.63, 3.8) is 0 Å². The molecule has 1 saturated carbocycles. The van der Waals surface area contributed by atoms with Gasteiger partial charge in [-0.2, -0.15) is 0 Å². The highest BCUT2D eigenvalue weighted by atomic mass is 32.1. The Morgan fingerprint density at radius 2 is 1.75 bits per heavy atom. The third-order valence-electron chi connectivity index (χ3n) is 5.50. The Morgan fingerprint density at radius 3 is 2.42 bits per heavy atom. The quantitative estimate of drug-likeness (QED) is 0.833. The van der Waals surface area contributed by atoms with Crippen molar-refractivity contribution in [1.82, 2.24) is 9.88 Å². The molecule has 5 heteroatoms. The molecule has 0 N–H and O–H groups in total. The van der Waals surface area contributed by atoms with Crippen LogP contribution < -0.4 is 4.90 Å². The minimum atomic E-state index is 0.296. The number of hydrogen-bond acceptors (Lipinski definition) is 4. The second kappa shape index (κ2) is 6.36. The van der Waals surface area contributed by atoms with Gasteiger partial charge in [0.15, 0.2) is 5.13 Å². The van der Waals surface area contributed by atoms with Gasteiger partial charge >= 0.3 is 0 Å². The maximum absolute atomic E-state index is 12.6. The number of rotatable bonds is 2. The molecule has 2 fully saturated rings. The van der Waals surface area contributed by atoms with Gasteiger partial charge in [-0.3, -0.25) is 4.79 Å². The van der Waals surface area contributed by atoms with Crippen LogP contribution in [-0.4, -0.2) is 42.0 Å². The van der Waals surface area contributed by atoms with Crippen LogP contribution in [0.25, 0.3) is 10.2 Å². The first kappa shape index (κ1) is 15.9. The number of piperazine rings is 1. The lowest BCUT2D eigenvalue weighted by Crippen LogP contribution is -2.50. The standard InChI is InChI=1S/C19H25N3OS/c1-13-7-8-14(2)17-16(13)20-19(24-17)22-11-9-21(10-12-22)18(23)15-5-3-4-6-15/h7-8,15H,3-6,9-12H2,1-2H3. The lowest BCUT2D eigenvalue weighted by molar-refractivity contribution is -0.135. The van der Waals surface area contributed by atoms with Crippen LogP contribution in [0.1, 0.15) is 36.8 Å². The summed E-state index contributed by atoms with van der Waals surface area (Å²) in [5.41, 5.74) is 3.68. The number of carbonyl (C=O) groups is 1. The van der Waals surface area contributed by atoms with Crippen molar-refractivity contribution in [1.29, 1.82) is 0 Å². The van der Waals surface area contributed by atoms with Crippen LogP contribution in [0.2, 0.25) is 0 Å². The first-order valence-corrected chi connectivity index (χ1v) is 9.85. The molecule has 128 valence electrons. The zero-order valence-electron chi connectivity index (χ0n) is 14.5. The molecule has 0 unspecified atom stereocenters. The third-order valence-corrected chi connectivity index (χ3v) is 6.75. The minimum absolute atomic E-state index is 0.296. The predicted octanol–water partition coefficient (Wildman–Crippen LogP) is 3.75. The zero-order chi connectivity index (χ0) is 16.7. The fourth-order valence-electron chi connectivity index (χ4n) is 3.93. The van der Waals surface area contributed by atoms with Crippen LogP contribution in [0.4, 0.5) is 5.13 Å². The summed E-state index contributed by atoms with van der Waals surface area (Å²) in [5, 5.41) is 1.11. The first-order chi connectivity index (χ1) is 11.6. The number of carbonyl (C=O) groups excluding carboxylic acids is 1. The molecule has 1 aliphatic carbocycles. The Bertz CT molecular complexity index is 716. The van der Waals surface area contributed by atoms with Crippen LogP contribution in [0.15, 0.2) is 12.1 Å². The molecule has 1 saturated heterocycles. The fourth-order valence-corrected chi connectivity index (χ4v) is 5.10. The smallest absolute Gasteiger partial charge is 0.225 e. The molecule has 4 nitrogen and oxygen atoms in total. The van der Waals surface area contributed by atoms with Gasteiger partial charge < -0.3 is 9.80 Å². The fraction of sp³-hybridized carbons (Fsp3) is 0.579. The third kappa shape index (κ3) is 2.79. The Kier molecular flexibility index (Phi) is 4.21. The molecule has 1 aliphatic heterocycles. The van der Waals surface area contributed by atoms with E-state index in [-0.39, 0.29) is 0 Å². The number of nitrogens with zero attached hydrogens (tertiary/aromatic N) is 3. The average molecular weight is 343 g/mol. The number of anilines is 1. The Hall–Kier alpha value is -1.62. The van der Waals surface area contributed by atoms with Gasteiger partial charge in [-0.1, -0.05) is 36.3 Å². The van der Waals surface area contributed by atoms with Crippen LogP contribution in [0, 0.1) is 19.8 Å². The predicted molar refractivity (Wildman–Crippen MR) is 99.8 cm³/mol. The molecular weight excluding hydrogens is 318 g/mol. The highest BCUT2D eigenvalue weighted by molar-refractivity contribution is 7.22. The van der Waals surface area contributed by atoms with Gasteiger partial charge in [-0.25, -0.2) is 4.98 Å². The van der Waals surface area contributed by atoms with Crippen molar-refractivity contribution >= 4 is 32.6 Å². The number of amides is 1. The summed E-state index contributed by atoms with van der Waals surface area (Å²) in [6, 6.07) is 4.33. The highest BCUT2D eigenvalue weighted by Crippen LogP contribution is 2.34. The molecule has 1 amide bonds. The largest absolute Gasteiger partial charge is 0.345 e. The van der Waals surface area contributed by atoms with Crippen molar-refractivity contribution in [2.24, 2.45) is 5.92 Å². The van der Waals surface area contributed by atoms with Gasteiger partial charge in [0, 0.05) is 32.1 Å². The van der Waals surface area contributed by atoms with E-state index in [2.05, 4.69) is 35.8 Å². The summed E-state index contributed by atoms with van der Waals surface area (Å²) in [5.74, 6) is 0.687. The lowest BCUT2D eigenvalue weighted by atomic mass is 10.1. The van der Waals surface area contributed by atoms with E-state index in [1.54, 1.807) is 11.3 Å². The normalized spacial score (nSPS) is 19.4. The van der Waals surface area contributed by atoms with E-state index in [0.717, 1.165) is 49.7 Å². The SMILES string of the molecule is Cc1ccc(C)c2sc(N3CCN(C(=O)C4CCCC4)CC3)nc12. The van der Waals surface area contributed by atoms with E-state index in [9.17, 15) is 4.79 Å². The molecule has 24 heavy (non-hydrogen) atoms. The molecule has 0 radical (unpaired) electrons. The van der Waals surface area contributed by atoms with E-state index in [1.165, 1.54) is 28.7 Å². The number of benzene rings is 1. The summed E-state index contributed by atoms with van der Waals surface area (Å²) in [7, 11) is 0. The van der Waals surface area contributed by atoms with Crippen LogP contribution in [-0.2, 0) is 4.79 Å². The maximum atomic E-state index is 12.6. The molecule has 1 aromatic carbocycles. The van der Waals surface area contributed by atoms with E-state index in [4.69, 9.17) is 4.98 Å². The molecule has 2 aliphatic rings. The van der Waals surface area contributed by atoms with E-state index in [0.29, 0.717) is 11.8 Å². The van der Waals surface area contributed by atoms with Crippen molar-refractivity contribution in [2.45, 2.75) is 39.5 Å². The molecule has 2 aromatic rings. The molecule has 0 bridgehead atoms. The number of aryl methyl sites for hydroxylation is 2. The van der Waals surface area contributed by atoms with Gasteiger partial charge in [-0.15, -0.1) is 0 Å². The van der Waals surface area contributed by atoms with Crippen molar-refractivity contribution in [3.8, 4) is 0 Å². The van der Waals surface area contributed by atoms with E-state index >= 15 is 0 Å². The van der Waals surface area contributed by atoms with E-state index in [1.807, 2.05) is 0 Å². The average Bonchev–Trinajstić information content (AvgIpc) is 3.28. The number of fused-ring (bicyclic) bond motifs is 1. The van der Waals surface area contributed by atoms with Crippen molar-refractivity contribution in [3.05, 3.63) is 23.3 Å². The van der Waals surface area contributed by atoms with Crippen LogP contribution in [0.3, 0.4) is 0 Å². The van der Waals surface area contributed by atoms with Crippen molar-refractivity contribution < 1.29 is 4.79 Å². The molecule has 1 aromatic heterocycles. The number of hydrogen-bond donors (Lipinski definition) is 0. The van der Waals surface area contributed by atoms with Gasteiger partial charge in [0.2, 0.25) is 5.91 Å². The molecule has 0 spiro atoms. The van der Waals surface area contributed by atoms with Crippen LogP contribution in [0.5, 0.6) is 0 Å². The van der Waals surface area contributed by atoms with Gasteiger partial charge in [0.05, 0.1) is 10.2 Å². The van der Waals surface area contributed by atoms with E-state index < -0.39 is 0 Å². The second-order valence-corrected chi connectivity index (χ2v) is 8.14. The Morgan fingerprint density at radius 1 is 1.08 bits per heavy atom. The van der Waals surface area contributed by atoms with Gasteiger partial charge in [-0.05, 0) is 37.8 Å². The molecular formula is C19H25N3OS. The molecule has 4 rings (SSSR count). The summed E-state index contributed by atoms with van der Waals surface area (Å²) < 4.78 is 1.30. The maximum Gasteiger partial charge on any atom is 0.225 e. The first-order valence-electron chi connectivity index (χ1n) is 9.04. The Labute approximate surface area is 147 Å². The molecule has 2 heterocycles. The Balaban J connectivity index is 1.47. The zero-order valence-corrected chi connectivity index (χ0v) is 15.4. The van der Waals surface area contributed by atoms with Gasteiger partial charge in [0.1, 0.15) is 0 Å². The topological polar surface area (TPSA) is 36.4 Å². The number of aromatic nitrogens is 1. The molecule has 0 atom stereocenters. The lowest BCUT2D eigenvalue weighted by Gasteiger charge is -2.35.